The average molecular weight is 366 g/mol. The van der Waals surface area contributed by atoms with Crippen molar-refractivity contribution in [2.45, 2.75) is 25.4 Å². The number of β-amino-alcohol motifs (C(OH)–C–C–N with tert-alkyl or cyclic N) is 1. The van der Waals surface area contributed by atoms with Crippen LogP contribution >= 0.6 is 0 Å². The molecule has 5 heteroatoms. The molecular formula is C22H26N2O3. The smallest absolute Gasteiger partial charge is 0.242 e. The first-order chi connectivity index (χ1) is 13.1. The molecule has 0 spiro atoms. The van der Waals surface area contributed by atoms with Crippen LogP contribution in [0.15, 0.2) is 60.7 Å². The highest BCUT2D eigenvalue weighted by Crippen LogP contribution is 2.11. The molecule has 1 aliphatic heterocycles. The molecule has 5 nitrogen and oxygen atoms in total. The van der Waals surface area contributed by atoms with Gasteiger partial charge >= 0.3 is 0 Å². The van der Waals surface area contributed by atoms with Crippen molar-refractivity contribution < 1.29 is 14.7 Å². The number of carbonyl (C=O) groups is 2. The fourth-order valence-electron chi connectivity index (χ4n) is 3.36. The monoisotopic (exact) mass is 366 g/mol. The van der Waals surface area contributed by atoms with Crippen molar-refractivity contribution in [3.63, 3.8) is 0 Å². The molecule has 142 valence electrons. The Morgan fingerprint density at radius 3 is 2.15 bits per heavy atom. The van der Waals surface area contributed by atoms with Gasteiger partial charge in [0.1, 0.15) is 0 Å². The maximum atomic E-state index is 12.6. The number of aryl methyl sites for hydroxylation is 1. The number of carbonyl (C=O) groups excluding carboxylic acids is 2. The Labute approximate surface area is 160 Å². The molecule has 2 amide bonds. The largest absolute Gasteiger partial charge is 0.389 e. The molecule has 3 rings (SSSR count). The van der Waals surface area contributed by atoms with Gasteiger partial charge < -0.3 is 14.9 Å². The zero-order chi connectivity index (χ0) is 19.1. The normalized spacial score (nSPS) is 17.7. The molecule has 1 atom stereocenters. The summed E-state index contributed by atoms with van der Waals surface area (Å²) in [6, 6.07) is 19.8. The van der Waals surface area contributed by atoms with E-state index in [0.717, 1.165) is 17.5 Å². The van der Waals surface area contributed by atoms with Gasteiger partial charge in [-0.05, 0) is 24.0 Å². The summed E-state index contributed by atoms with van der Waals surface area (Å²) in [7, 11) is 0. The minimum absolute atomic E-state index is 0.0411. The first-order valence-electron chi connectivity index (χ1n) is 9.43. The number of aliphatic hydroxyl groups is 1. The van der Waals surface area contributed by atoms with Crippen LogP contribution in [0.5, 0.6) is 0 Å². The van der Waals surface area contributed by atoms with Crippen molar-refractivity contribution in [1.29, 1.82) is 0 Å². The van der Waals surface area contributed by atoms with Crippen LogP contribution in [0.2, 0.25) is 0 Å². The van der Waals surface area contributed by atoms with E-state index in [0.29, 0.717) is 19.4 Å². The zero-order valence-electron chi connectivity index (χ0n) is 15.5. The molecule has 1 N–H and O–H groups in total. The second kappa shape index (κ2) is 9.33. The van der Waals surface area contributed by atoms with Gasteiger partial charge in [0.05, 0.1) is 12.6 Å². The van der Waals surface area contributed by atoms with Crippen molar-refractivity contribution in [2.75, 3.05) is 26.2 Å². The second-order valence-electron chi connectivity index (χ2n) is 6.99. The van der Waals surface area contributed by atoms with Gasteiger partial charge in [0.25, 0.3) is 0 Å². The molecule has 27 heavy (non-hydrogen) atoms. The summed E-state index contributed by atoms with van der Waals surface area (Å²) >= 11 is 0. The van der Waals surface area contributed by atoms with Crippen LogP contribution in [0, 0.1) is 0 Å². The van der Waals surface area contributed by atoms with Crippen molar-refractivity contribution in [3.8, 4) is 0 Å². The quantitative estimate of drug-likeness (QED) is 0.849. The third-order valence-corrected chi connectivity index (χ3v) is 4.88. The van der Waals surface area contributed by atoms with Gasteiger partial charge in [0.2, 0.25) is 11.8 Å². The van der Waals surface area contributed by atoms with Crippen molar-refractivity contribution in [3.05, 3.63) is 71.8 Å². The van der Waals surface area contributed by atoms with E-state index in [-0.39, 0.29) is 31.4 Å². The van der Waals surface area contributed by atoms with E-state index in [2.05, 4.69) is 0 Å². The minimum atomic E-state index is -0.715. The van der Waals surface area contributed by atoms with E-state index in [1.54, 1.807) is 4.90 Å². The van der Waals surface area contributed by atoms with Crippen LogP contribution in [-0.2, 0) is 22.4 Å². The number of hydrogen-bond acceptors (Lipinski definition) is 3. The van der Waals surface area contributed by atoms with E-state index in [1.807, 2.05) is 60.7 Å². The first-order valence-corrected chi connectivity index (χ1v) is 9.43. The number of nitrogens with zero attached hydrogens (tertiary/aromatic N) is 2. The van der Waals surface area contributed by atoms with Gasteiger partial charge in [-0.25, -0.2) is 0 Å². The highest BCUT2D eigenvalue weighted by molar-refractivity contribution is 5.85. The third kappa shape index (κ3) is 5.66. The SMILES string of the molecule is O=C1CN(C(=O)CCc2ccccc2)CC(O)CN1CCc1ccccc1. The van der Waals surface area contributed by atoms with Gasteiger partial charge in [-0.2, -0.15) is 0 Å². The summed E-state index contributed by atoms with van der Waals surface area (Å²) in [6.45, 7) is 1.07. The maximum Gasteiger partial charge on any atom is 0.242 e. The van der Waals surface area contributed by atoms with Crippen LogP contribution in [0.4, 0.5) is 0 Å². The summed E-state index contributed by atoms with van der Waals surface area (Å²) in [6.07, 6.45) is 1.00. The van der Waals surface area contributed by atoms with E-state index in [9.17, 15) is 14.7 Å². The summed E-state index contributed by atoms with van der Waals surface area (Å²) in [4.78, 5) is 28.3. The maximum absolute atomic E-state index is 12.6. The van der Waals surface area contributed by atoms with Gasteiger partial charge in [0.15, 0.2) is 0 Å². The predicted molar refractivity (Wildman–Crippen MR) is 104 cm³/mol. The lowest BCUT2D eigenvalue weighted by atomic mass is 10.1. The van der Waals surface area contributed by atoms with Crippen LogP contribution in [-0.4, -0.2) is 59.0 Å². The van der Waals surface area contributed by atoms with Gasteiger partial charge in [-0.15, -0.1) is 0 Å². The lowest BCUT2D eigenvalue weighted by Gasteiger charge is -2.22. The lowest BCUT2D eigenvalue weighted by Crippen LogP contribution is -2.40. The Morgan fingerprint density at radius 2 is 1.52 bits per heavy atom. The standard InChI is InChI=1S/C22H26N2O3/c25-20-15-23(14-13-19-9-5-2-6-10-19)22(27)17-24(16-20)21(26)12-11-18-7-3-1-4-8-18/h1-10,20,25H,11-17H2. The van der Waals surface area contributed by atoms with Gasteiger partial charge in [0, 0.05) is 26.1 Å². The lowest BCUT2D eigenvalue weighted by molar-refractivity contribution is -0.138. The molecule has 0 bridgehead atoms. The molecule has 1 fully saturated rings. The van der Waals surface area contributed by atoms with E-state index >= 15 is 0 Å². The van der Waals surface area contributed by atoms with Crippen LogP contribution in [0.25, 0.3) is 0 Å². The highest BCUT2D eigenvalue weighted by atomic mass is 16.3. The Morgan fingerprint density at radius 1 is 0.926 bits per heavy atom. The molecule has 1 aliphatic rings. The van der Waals surface area contributed by atoms with Crippen molar-refractivity contribution in [2.24, 2.45) is 0 Å². The molecule has 2 aromatic rings. The number of rotatable bonds is 6. The van der Waals surface area contributed by atoms with Gasteiger partial charge in [-0.3, -0.25) is 9.59 Å². The molecule has 0 aliphatic carbocycles. The molecule has 2 aromatic carbocycles. The summed E-state index contributed by atoms with van der Waals surface area (Å²) < 4.78 is 0. The van der Waals surface area contributed by atoms with E-state index < -0.39 is 6.10 Å². The number of amides is 2. The third-order valence-electron chi connectivity index (χ3n) is 4.88. The van der Waals surface area contributed by atoms with E-state index in [4.69, 9.17) is 0 Å². The second-order valence-corrected chi connectivity index (χ2v) is 6.99. The molecule has 1 saturated heterocycles. The molecule has 0 aromatic heterocycles. The van der Waals surface area contributed by atoms with Crippen LogP contribution < -0.4 is 0 Å². The predicted octanol–water partition coefficient (Wildman–Crippen LogP) is 1.89. The van der Waals surface area contributed by atoms with Crippen LogP contribution in [0.1, 0.15) is 17.5 Å². The number of hydrogen-bond donors (Lipinski definition) is 1. The number of benzene rings is 2. The van der Waals surface area contributed by atoms with Crippen molar-refractivity contribution in [1.82, 2.24) is 9.80 Å². The molecule has 0 saturated carbocycles. The first kappa shape index (κ1) is 19.1. The average Bonchev–Trinajstić information content (AvgIpc) is 2.84. The van der Waals surface area contributed by atoms with E-state index in [1.165, 1.54) is 4.90 Å². The van der Waals surface area contributed by atoms with Gasteiger partial charge in [-0.1, -0.05) is 60.7 Å². The molecule has 0 radical (unpaired) electrons. The zero-order valence-corrected chi connectivity index (χ0v) is 15.5. The Kier molecular flexibility index (Phi) is 6.60. The summed E-state index contributed by atoms with van der Waals surface area (Å²) in [5.74, 6) is -0.188. The van der Waals surface area contributed by atoms with Crippen molar-refractivity contribution >= 4 is 11.8 Å². The number of aliphatic hydroxyl groups excluding tert-OH is 1. The minimum Gasteiger partial charge on any atom is -0.389 e. The Bertz CT molecular complexity index is 749. The highest BCUT2D eigenvalue weighted by Gasteiger charge is 2.28. The topological polar surface area (TPSA) is 60.9 Å². The fourth-order valence-corrected chi connectivity index (χ4v) is 3.36. The summed E-state index contributed by atoms with van der Waals surface area (Å²) in [5.41, 5.74) is 2.25. The molecular weight excluding hydrogens is 340 g/mol. The molecule has 1 unspecified atom stereocenters. The summed E-state index contributed by atoms with van der Waals surface area (Å²) in [5, 5.41) is 10.3. The Hall–Kier alpha value is -2.66. The fraction of sp³-hybridized carbons (Fsp3) is 0.364. The van der Waals surface area contributed by atoms with Crippen LogP contribution in [0.3, 0.4) is 0 Å². The molecule has 1 heterocycles. The Balaban J connectivity index is 1.54.